The number of hydrogen-bond donors (Lipinski definition) is 1. The van der Waals surface area contributed by atoms with Gasteiger partial charge in [0.05, 0.1) is 11.7 Å². The zero-order valence-corrected chi connectivity index (χ0v) is 8.46. The van der Waals surface area contributed by atoms with Gasteiger partial charge in [-0.05, 0) is 33.6 Å². The van der Waals surface area contributed by atoms with E-state index in [1.807, 2.05) is 27.7 Å². The van der Waals surface area contributed by atoms with Crippen molar-refractivity contribution in [2.75, 3.05) is 6.61 Å². The molecule has 0 bridgehead atoms. The van der Waals surface area contributed by atoms with Gasteiger partial charge in [0.15, 0.2) is 0 Å². The first-order valence-electron chi connectivity index (χ1n) is 4.45. The molecule has 0 radical (unpaired) electrons. The number of hydrogen-bond acceptors (Lipinski definition) is 3. The van der Waals surface area contributed by atoms with Crippen molar-refractivity contribution >= 4 is 0 Å². The topological polar surface area (TPSA) is 38.7 Å². The third-order valence-electron chi connectivity index (χ3n) is 1.34. The van der Waals surface area contributed by atoms with Crippen molar-refractivity contribution in [3.05, 3.63) is 0 Å². The molecule has 0 amide bonds. The fourth-order valence-electron chi connectivity index (χ4n) is 0.677. The van der Waals surface area contributed by atoms with Crippen molar-refractivity contribution in [2.45, 2.75) is 52.2 Å². The third-order valence-corrected chi connectivity index (χ3v) is 1.34. The summed E-state index contributed by atoms with van der Waals surface area (Å²) in [4.78, 5) is 10.3. The summed E-state index contributed by atoms with van der Waals surface area (Å²) in [5, 5.41) is 8.66. The highest BCUT2D eigenvalue weighted by Gasteiger charge is 2.15. The molecule has 1 unspecified atom stereocenters. The minimum Gasteiger partial charge on any atom is -0.396 e. The van der Waals surface area contributed by atoms with Gasteiger partial charge >= 0.3 is 0 Å². The lowest BCUT2D eigenvalue weighted by molar-refractivity contribution is -0.374. The molecule has 0 aliphatic heterocycles. The van der Waals surface area contributed by atoms with E-state index in [2.05, 4.69) is 0 Å². The largest absolute Gasteiger partial charge is 0.396 e. The summed E-state index contributed by atoms with van der Waals surface area (Å²) in [5.74, 6) is 0. The van der Waals surface area contributed by atoms with E-state index in [4.69, 9.17) is 14.9 Å². The van der Waals surface area contributed by atoms with Crippen LogP contribution in [0.1, 0.15) is 40.5 Å². The summed E-state index contributed by atoms with van der Waals surface area (Å²) < 4.78 is 0. The Morgan fingerprint density at radius 1 is 1.33 bits per heavy atom. The Bertz CT molecular complexity index is 107. The van der Waals surface area contributed by atoms with E-state index < -0.39 is 0 Å². The van der Waals surface area contributed by atoms with E-state index in [9.17, 15) is 0 Å². The first-order valence-corrected chi connectivity index (χ1v) is 4.45. The minimum atomic E-state index is -0.275. The highest BCUT2D eigenvalue weighted by atomic mass is 17.2. The number of aliphatic hydroxyl groups is 1. The lowest BCUT2D eigenvalue weighted by atomic mass is 10.2. The fourth-order valence-corrected chi connectivity index (χ4v) is 0.677. The van der Waals surface area contributed by atoms with Crippen LogP contribution in [0.4, 0.5) is 0 Å². The normalized spacial score (nSPS) is 14.8. The Balaban J connectivity index is 3.58. The van der Waals surface area contributed by atoms with Gasteiger partial charge in [-0.2, -0.15) is 0 Å². The predicted molar refractivity (Wildman–Crippen MR) is 47.7 cm³/mol. The van der Waals surface area contributed by atoms with Crippen LogP contribution in [0.25, 0.3) is 0 Å². The second kappa shape index (κ2) is 5.51. The fraction of sp³-hybridized carbons (Fsp3) is 1.00. The van der Waals surface area contributed by atoms with Gasteiger partial charge in [0, 0.05) is 6.61 Å². The summed E-state index contributed by atoms with van der Waals surface area (Å²) in [6, 6.07) is 0. The van der Waals surface area contributed by atoms with Crippen molar-refractivity contribution in [3.63, 3.8) is 0 Å². The van der Waals surface area contributed by atoms with Crippen LogP contribution in [-0.2, 0) is 9.78 Å². The Morgan fingerprint density at radius 2 is 1.92 bits per heavy atom. The molecule has 0 aromatic rings. The van der Waals surface area contributed by atoms with Crippen LogP contribution >= 0.6 is 0 Å². The molecule has 12 heavy (non-hydrogen) atoms. The van der Waals surface area contributed by atoms with E-state index in [1.165, 1.54) is 0 Å². The van der Waals surface area contributed by atoms with Gasteiger partial charge in [-0.1, -0.05) is 6.92 Å². The van der Waals surface area contributed by atoms with E-state index in [1.54, 1.807) is 0 Å². The van der Waals surface area contributed by atoms with Gasteiger partial charge in [-0.15, -0.1) is 0 Å². The van der Waals surface area contributed by atoms with Crippen molar-refractivity contribution in [1.82, 2.24) is 0 Å². The molecule has 74 valence electrons. The maximum Gasteiger partial charge on any atom is 0.0952 e. The molecule has 0 saturated heterocycles. The van der Waals surface area contributed by atoms with Gasteiger partial charge in [0.1, 0.15) is 0 Å². The maximum absolute atomic E-state index is 8.66. The van der Waals surface area contributed by atoms with Crippen molar-refractivity contribution in [1.29, 1.82) is 0 Å². The Kier molecular flexibility index (Phi) is 5.46. The molecule has 0 aliphatic rings. The summed E-state index contributed by atoms with van der Waals surface area (Å²) in [7, 11) is 0. The molecule has 0 fully saturated rings. The van der Waals surface area contributed by atoms with Gasteiger partial charge in [-0.25, -0.2) is 9.78 Å². The zero-order valence-electron chi connectivity index (χ0n) is 8.46. The van der Waals surface area contributed by atoms with E-state index in [0.717, 1.165) is 6.42 Å². The van der Waals surface area contributed by atoms with Crippen LogP contribution < -0.4 is 0 Å². The molecule has 0 rings (SSSR count). The Morgan fingerprint density at radius 3 is 2.25 bits per heavy atom. The van der Waals surface area contributed by atoms with Crippen LogP contribution in [0, 0.1) is 0 Å². The molecule has 3 nitrogen and oxygen atoms in total. The van der Waals surface area contributed by atoms with Crippen LogP contribution in [0.5, 0.6) is 0 Å². The summed E-state index contributed by atoms with van der Waals surface area (Å²) in [6.45, 7) is 7.94. The van der Waals surface area contributed by atoms with Crippen molar-refractivity contribution in [2.24, 2.45) is 0 Å². The summed E-state index contributed by atoms with van der Waals surface area (Å²) >= 11 is 0. The smallest absolute Gasteiger partial charge is 0.0952 e. The monoisotopic (exact) mass is 176 g/mol. The molecule has 3 heteroatoms. The lowest BCUT2D eigenvalue weighted by Crippen LogP contribution is -2.24. The highest BCUT2D eigenvalue weighted by Crippen LogP contribution is 2.12. The Labute approximate surface area is 74.6 Å². The second-order valence-electron chi connectivity index (χ2n) is 3.83. The Hall–Kier alpha value is -0.120. The average molecular weight is 176 g/mol. The number of rotatable bonds is 5. The van der Waals surface area contributed by atoms with Crippen molar-refractivity contribution in [3.8, 4) is 0 Å². The molecule has 0 aliphatic carbocycles. The third kappa shape index (κ3) is 6.58. The summed E-state index contributed by atoms with van der Waals surface area (Å²) in [5.41, 5.74) is -0.275. The second-order valence-corrected chi connectivity index (χ2v) is 3.83. The van der Waals surface area contributed by atoms with Crippen LogP contribution in [-0.4, -0.2) is 23.4 Å². The summed E-state index contributed by atoms with van der Waals surface area (Å²) in [6.07, 6.45) is 1.50. The minimum absolute atomic E-state index is 0.00854. The molecule has 0 aromatic carbocycles. The van der Waals surface area contributed by atoms with Gasteiger partial charge in [0.25, 0.3) is 0 Å². The zero-order chi connectivity index (χ0) is 9.61. The standard InChI is InChI=1S/C9H20O3/c1-5-8(6-7-10)11-12-9(2,3)4/h8,10H,5-7H2,1-4H3. The first-order chi connectivity index (χ1) is 5.49. The average Bonchev–Trinajstić information content (AvgIpc) is 1.96. The SMILES string of the molecule is CCC(CCO)OOC(C)(C)C. The van der Waals surface area contributed by atoms with Gasteiger partial charge < -0.3 is 5.11 Å². The van der Waals surface area contributed by atoms with E-state index in [0.29, 0.717) is 6.42 Å². The maximum atomic E-state index is 8.66. The molecule has 1 atom stereocenters. The van der Waals surface area contributed by atoms with Crippen molar-refractivity contribution < 1.29 is 14.9 Å². The predicted octanol–water partition coefficient (Wildman–Crippen LogP) is 1.89. The number of aliphatic hydroxyl groups excluding tert-OH is 1. The van der Waals surface area contributed by atoms with Crippen LogP contribution in [0.15, 0.2) is 0 Å². The molecule has 0 spiro atoms. The molecular formula is C9H20O3. The van der Waals surface area contributed by atoms with E-state index >= 15 is 0 Å². The van der Waals surface area contributed by atoms with Crippen LogP contribution in [0.3, 0.4) is 0 Å². The molecule has 0 heterocycles. The molecule has 0 saturated carbocycles. The lowest BCUT2D eigenvalue weighted by Gasteiger charge is -2.21. The van der Waals surface area contributed by atoms with E-state index in [-0.39, 0.29) is 18.3 Å². The highest BCUT2D eigenvalue weighted by molar-refractivity contribution is 4.56. The molecule has 1 N–H and O–H groups in total. The van der Waals surface area contributed by atoms with Gasteiger partial charge in [-0.3, -0.25) is 0 Å². The molecular weight excluding hydrogens is 156 g/mol. The molecule has 0 aromatic heterocycles. The van der Waals surface area contributed by atoms with Crippen LogP contribution in [0.2, 0.25) is 0 Å². The quantitative estimate of drug-likeness (QED) is 0.513. The van der Waals surface area contributed by atoms with Gasteiger partial charge in [0.2, 0.25) is 0 Å². The first kappa shape index (κ1) is 11.9.